The molecule has 0 N–H and O–H groups in total. The van der Waals surface area contributed by atoms with Crippen LogP contribution >= 0.6 is 0 Å². The first-order chi connectivity index (χ1) is 11.3. The molecule has 1 amide bonds. The lowest BCUT2D eigenvalue weighted by Crippen LogP contribution is -2.40. The summed E-state index contributed by atoms with van der Waals surface area (Å²) in [5.74, 6) is -0.132. The number of nitrogens with zero attached hydrogens (tertiary/aromatic N) is 1. The van der Waals surface area contributed by atoms with Crippen molar-refractivity contribution in [3.63, 3.8) is 0 Å². The number of carbonyl (C=O) groups is 2. The van der Waals surface area contributed by atoms with Crippen LogP contribution in [-0.2, 0) is 19.4 Å². The zero-order valence-corrected chi connectivity index (χ0v) is 14.5. The highest BCUT2D eigenvalue weighted by molar-refractivity contribution is 7.91. The predicted octanol–water partition coefficient (Wildman–Crippen LogP) is 0.888. The zero-order chi connectivity index (χ0) is 17.7. The lowest BCUT2D eigenvalue weighted by Gasteiger charge is -2.23. The summed E-state index contributed by atoms with van der Waals surface area (Å²) < 4.78 is 33.2. The van der Waals surface area contributed by atoms with Crippen molar-refractivity contribution in [2.24, 2.45) is 0 Å². The Morgan fingerprint density at radius 3 is 2.46 bits per heavy atom. The van der Waals surface area contributed by atoms with Crippen LogP contribution in [-0.4, -0.2) is 63.0 Å². The Balaban J connectivity index is 1.86. The third-order valence-electron chi connectivity index (χ3n) is 3.88. The van der Waals surface area contributed by atoms with Gasteiger partial charge in [-0.15, -0.1) is 0 Å². The number of carbonyl (C=O) groups excluding carboxylic acids is 2. The molecule has 7 nitrogen and oxygen atoms in total. The van der Waals surface area contributed by atoms with Gasteiger partial charge in [-0.2, -0.15) is 0 Å². The van der Waals surface area contributed by atoms with Crippen molar-refractivity contribution in [2.45, 2.75) is 19.4 Å². The first-order valence-electron chi connectivity index (χ1n) is 7.68. The van der Waals surface area contributed by atoms with E-state index in [0.29, 0.717) is 24.3 Å². The van der Waals surface area contributed by atoms with Crippen molar-refractivity contribution in [3.8, 4) is 5.75 Å². The van der Waals surface area contributed by atoms with E-state index < -0.39 is 15.8 Å². The highest BCUT2D eigenvalue weighted by Crippen LogP contribution is 2.17. The molecule has 0 radical (unpaired) electrons. The predicted molar refractivity (Wildman–Crippen MR) is 87.7 cm³/mol. The minimum atomic E-state index is -3.04. The molecule has 0 aromatic heterocycles. The summed E-state index contributed by atoms with van der Waals surface area (Å²) in [6.07, 6.45) is 0.457. The Hall–Kier alpha value is -2.09. The molecular formula is C16H21NO6S. The summed E-state index contributed by atoms with van der Waals surface area (Å²) in [5.41, 5.74) is 0.406. The zero-order valence-electron chi connectivity index (χ0n) is 13.7. The Kier molecular flexibility index (Phi) is 5.82. The summed E-state index contributed by atoms with van der Waals surface area (Å²) in [6.45, 7) is 1.84. The molecule has 1 aliphatic rings. The van der Waals surface area contributed by atoms with Gasteiger partial charge in [-0.1, -0.05) is 0 Å². The largest absolute Gasteiger partial charge is 0.484 e. The third-order valence-corrected chi connectivity index (χ3v) is 5.63. The number of benzene rings is 1. The number of ether oxygens (including phenoxy) is 2. The molecular weight excluding hydrogens is 334 g/mol. The topological polar surface area (TPSA) is 90.0 Å². The van der Waals surface area contributed by atoms with Crippen LogP contribution in [0.5, 0.6) is 5.75 Å². The highest BCUT2D eigenvalue weighted by atomic mass is 32.2. The molecule has 1 heterocycles. The molecule has 1 atom stereocenters. The summed E-state index contributed by atoms with van der Waals surface area (Å²) in [4.78, 5) is 25.1. The Labute approximate surface area is 141 Å². The van der Waals surface area contributed by atoms with E-state index in [1.165, 1.54) is 4.90 Å². The molecule has 24 heavy (non-hydrogen) atoms. The van der Waals surface area contributed by atoms with E-state index in [4.69, 9.17) is 9.47 Å². The summed E-state index contributed by atoms with van der Waals surface area (Å²) in [5, 5.41) is 0. The van der Waals surface area contributed by atoms with Crippen molar-refractivity contribution in [2.75, 3.05) is 31.8 Å². The van der Waals surface area contributed by atoms with Crippen LogP contribution in [0.3, 0.4) is 0 Å². The fourth-order valence-corrected chi connectivity index (χ4v) is 4.21. The number of hydrogen-bond acceptors (Lipinski definition) is 6. The van der Waals surface area contributed by atoms with Crippen molar-refractivity contribution in [1.82, 2.24) is 4.90 Å². The van der Waals surface area contributed by atoms with Crippen molar-refractivity contribution in [3.05, 3.63) is 29.8 Å². The summed E-state index contributed by atoms with van der Waals surface area (Å²) in [6, 6.07) is 5.99. The monoisotopic (exact) mass is 355 g/mol. The van der Waals surface area contributed by atoms with E-state index in [-0.39, 0.29) is 30.1 Å². The van der Waals surface area contributed by atoms with Gasteiger partial charge in [-0.3, -0.25) is 4.79 Å². The van der Waals surface area contributed by atoms with Gasteiger partial charge in [0.1, 0.15) is 5.75 Å². The van der Waals surface area contributed by atoms with Crippen molar-refractivity contribution < 1.29 is 27.5 Å². The molecule has 0 spiro atoms. The average molecular weight is 355 g/mol. The lowest BCUT2D eigenvalue weighted by molar-refractivity contribution is -0.133. The minimum absolute atomic E-state index is 0.00345. The highest BCUT2D eigenvalue weighted by Gasteiger charge is 2.32. The van der Waals surface area contributed by atoms with Crippen molar-refractivity contribution in [1.29, 1.82) is 0 Å². The first-order valence-corrected chi connectivity index (χ1v) is 9.50. The summed E-state index contributed by atoms with van der Waals surface area (Å²) in [7, 11) is -1.45. The molecule has 0 unspecified atom stereocenters. The Morgan fingerprint density at radius 1 is 1.25 bits per heavy atom. The normalized spacial score (nSPS) is 18.8. The molecule has 1 aromatic carbocycles. The Bertz CT molecular complexity index is 698. The molecule has 132 valence electrons. The fourth-order valence-electron chi connectivity index (χ4n) is 2.43. The number of rotatable bonds is 6. The second-order valence-corrected chi connectivity index (χ2v) is 7.82. The molecule has 0 bridgehead atoms. The molecule has 0 saturated carbocycles. The van der Waals surface area contributed by atoms with Gasteiger partial charge in [0.15, 0.2) is 16.4 Å². The fraction of sp³-hybridized carbons (Fsp3) is 0.500. The molecule has 1 aliphatic heterocycles. The first kappa shape index (κ1) is 18.3. The van der Waals surface area contributed by atoms with Crippen molar-refractivity contribution >= 4 is 21.7 Å². The van der Waals surface area contributed by atoms with Gasteiger partial charge < -0.3 is 14.4 Å². The maximum absolute atomic E-state index is 12.1. The minimum Gasteiger partial charge on any atom is -0.484 e. The van der Waals surface area contributed by atoms with Crippen LogP contribution in [0.1, 0.15) is 23.7 Å². The third kappa shape index (κ3) is 4.70. The molecule has 1 fully saturated rings. The number of likely N-dealkylation sites (N-methyl/N-ethyl adjacent to an activating group) is 1. The van der Waals surface area contributed by atoms with Gasteiger partial charge in [0, 0.05) is 13.1 Å². The van der Waals surface area contributed by atoms with Gasteiger partial charge in [-0.05, 0) is 37.6 Å². The van der Waals surface area contributed by atoms with E-state index in [2.05, 4.69) is 0 Å². The van der Waals surface area contributed by atoms with E-state index in [0.717, 1.165) is 0 Å². The second kappa shape index (κ2) is 7.65. The molecule has 1 aromatic rings. The van der Waals surface area contributed by atoms with Gasteiger partial charge in [0.05, 0.1) is 23.7 Å². The van der Waals surface area contributed by atoms with Crippen LogP contribution in [0.4, 0.5) is 0 Å². The molecule has 1 saturated heterocycles. The van der Waals surface area contributed by atoms with Gasteiger partial charge >= 0.3 is 5.97 Å². The number of sulfone groups is 1. The number of hydrogen-bond donors (Lipinski definition) is 0. The van der Waals surface area contributed by atoms with Crippen LogP contribution < -0.4 is 4.74 Å². The maximum atomic E-state index is 12.1. The second-order valence-electron chi connectivity index (χ2n) is 5.60. The molecule has 8 heteroatoms. The molecule has 2 rings (SSSR count). The van der Waals surface area contributed by atoms with Gasteiger partial charge in [-0.25, -0.2) is 13.2 Å². The van der Waals surface area contributed by atoms with Crippen LogP contribution in [0.25, 0.3) is 0 Å². The smallest absolute Gasteiger partial charge is 0.338 e. The SMILES string of the molecule is CCOC(=O)c1ccc(OCC(=O)N(C)[C@@H]2CCS(=O)(=O)C2)cc1. The van der Waals surface area contributed by atoms with Gasteiger partial charge in [0.2, 0.25) is 0 Å². The average Bonchev–Trinajstić information content (AvgIpc) is 2.92. The van der Waals surface area contributed by atoms with Gasteiger partial charge in [0.25, 0.3) is 5.91 Å². The van der Waals surface area contributed by atoms with E-state index >= 15 is 0 Å². The Morgan fingerprint density at radius 2 is 1.92 bits per heavy atom. The molecule has 0 aliphatic carbocycles. The maximum Gasteiger partial charge on any atom is 0.338 e. The van der Waals surface area contributed by atoms with E-state index in [1.54, 1.807) is 38.2 Å². The summed E-state index contributed by atoms with van der Waals surface area (Å²) >= 11 is 0. The number of amides is 1. The van der Waals surface area contributed by atoms with Crippen LogP contribution in [0.15, 0.2) is 24.3 Å². The quantitative estimate of drug-likeness (QED) is 0.704. The number of esters is 1. The van der Waals surface area contributed by atoms with E-state index in [1.807, 2.05) is 0 Å². The van der Waals surface area contributed by atoms with Crippen LogP contribution in [0.2, 0.25) is 0 Å². The lowest BCUT2D eigenvalue weighted by atomic mass is 10.2. The van der Waals surface area contributed by atoms with Crippen LogP contribution in [0, 0.1) is 0 Å². The standard InChI is InChI=1S/C16H21NO6S/c1-3-22-16(19)12-4-6-14(7-5-12)23-10-15(18)17(2)13-8-9-24(20,21)11-13/h4-7,13H,3,8-11H2,1-2H3/t13-/m1/s1. The van der Waals surface area contributed by atoms with E-state index in [9.17, 15) is 18.0 Å².